The topological polar surface area (TPSA) is 89.4 Å². The van der Waals surface area contributed by atoms with Crippen LogP contribution in [-0.2, 0) is 24.6 Å². The molecule has 0 fully saturated rings. The van der Waals surface area contributed by atoms with Gasteiger partial charge in [0.05, 0.1) is 23.8 Å². The van der Waals surface area contributed by atoms with Gasteiger partial charge in [0.2, 0.25) is 0 Å². The molecule has 0 unspecified atom stereocenters. The first-order chi connectivity index (χ1) is 20.6. The average Bonchev–Trinajstić information content (AvgIpc) is 3.51. The minimum Gasteiger partial charge on any atom is -0.493 e. The van der Waals surface area contributed by atoms with Crippen molar-refractivity contribution in [2.24, 2.45) is 7.05 Å². The number of benzene rings is 3. The summed E-state index contributed by atoms with van der Waals surface area (Å²) in [7, 11) is 1.52. The number of aromatic nitrogens is 3. The smallest absolute Gasteiger partial charge is 0.420 e. The third-order valence-corrected chi connectivity index (χ3v) is 7.75. The number of aryl methyl sites for hydroxylation is 2. The lowest BCUT2D eigenvalue weighted by molar-refractivity contribution is -0.207. The summed E-state index contributed by atoms with van der Waals surface area (Å²) in [6.07, 6.45) is -6.52. The molecule has 5 rings (SSSR count). The van der Waals surface area contributed by atoms with Gasteiger partial charge in [0.1, 0.15) is 17.1 Å². The number of ether oxygens (including phenoxy) is 2. The minimum atomic E-state index is -4.95. The maximum atomic E-state index is 13.7. The molecule has 0 radical (unpaired) electrons. The molecule has 0 saturated heterocycles. The van der Waals surface area contributed by atoms with E-state index in [4.69, 9.17) is 21.1 Å². The van der Waals surface area contributed by atoms with E-state index < -0.39 is 23.9 Å². The van der Waals surface area contributed by atoms with Crippen LogP contribution in [0.25, 0.3) is 32.8 Å². The molecule has 43 heavy (non-hydrogen) atoms. The van der Waals surface area contributed by atoms with Gasteiger partial charge in [-0.05, 0) is 49.3 Å². The molecule has 5 aromatic rings. The Morgan fingerprint density at radius 1 is 1.07 bits per heavy atom. The van der Waals surface area contributed by atoms with Crippen molar-refractivity contribution in [1.29, 1.82) is 0 Å². The fourth-order valence-corrected chi connectivity index (χ4v) is 5.79. The van der Waals surface area contributed by atoms with Crippen LogP contribution in [0, 0.1) is 0 Å². The van der Waals surface area contributed by atoms with Crippen LogP contribution in [0.2, 0.25) is 5.02 Å². The number of aromatic amines is 1. The molecule has 0 bridgehead atoms. The number of rotatable bonds is 10. The van der Waals surface area contributed by atoms with E-state index in [9.17, 15) is 23.1 Å². The maximum absolute atomic E-state index is 13.7. The zero-order valence-electron chi connectivity index (χ0n) is 23.9. The van der Waals surface area contributed by atoms with Gasteiger partial charge in [0.15, 0.2) is 6.10 Å². The van der Waals surface area contributed by atoms with Gasteiger partial charge < -0.3 is 19.6 Å². The van der Waals surface area contributed by atoms with Gasteiger partial charge in [0, 0.05) is 34.6 Å². The molecular formula is C32H31ClF3N3O4. The number of aliphatic hydroxyl groups is 1. The number of alkyl halides is 3. The highest BCUT2D eigenvalue weighted by Gasteiger charge is 2.43. The SMILES string of the molecule is CCOC(=O)c1[nH]c2c(-c3c([C@@H](O)C(F)(F)F)nn(C)c3CC)c(Cl)ccc2c1CCCOc1cccc2ccccc12. The van der Waals surface area contributed by atoms with Crippen LogP contribution in [0.4, 0.5) is 13.2 Å². The number of nitrogens with one attached hydrogen (secondary N) is 1. The van der Waals surface area contributed by atoms with Gasteiger partial charge in [-0.15, -0.1) is 0 Å². The average molecular weight is 614 g/mol. The van der Waals surface area contributed by atoms with E-state index in [1.54, 1.807) is 26.0 Å². The summed E-state index contributed by atoms with van der Waals surface area (Å²) in [6.45, 7) is 3.96. The van der Waals surface area contributed by atoms with Crippen molar-refractivity contribution < 1.29 is 32.5 Å². The quantitative estimate of drug-likeness (QED) is 0.124. The molecule has 0 saturated carbocycles. The van der Waals surface area contributed by atoms with Crippen molar-refractivity contribution in [3.63, 3.8) is 0 Å². The highest BCUT2D eigenvalue weighted by Crippen LogP contribution is 2.45. The maximum Gasteiger partial charge on any atom is 0.420 e. The number of carbonyl (C=O) groups is 1. The van der Waals surface area contributed by atoms with Gasteiger partial charge in [-0.1, -0.05) is 61.0 Å². The predicted octanol–water partition coefficient (Wildman–Crippen LogP) is 7.72. The third-order valence-electron chi connectivity index (χ3n) is 7.44. The van der Waals surface area contributed by atoms with Gasteiger partial charge in [-0.3, -0.25) is 4.68 Å². The van der Waals surface area contributed by atoms with Crippen LogP contribution in [-0.4, -0.2) is 45.2 Å². The molecule has 0 spiro atoms. The molecule has 2 aromatic heterocycles. The van der Waals surface area contributed by atoms with E-state index in [1.165, 1.54) is 11.7 Å². The van der Waals surface area contributed by atoms with Gasteiger partial charge >= 0.3 is 12.1 Å². The minimum absolute atomic E-state index is 0.0768. The number of nitrogens with zero attached hydrogens (tertiary/aromatic N) is 2. The summed E-state index contributed by atoms with van der Waals surface area (Å²) >= 11 is 6.66. The van der Waals surface area contributed by atoms with E-state index >= 15 is 0 Å². The Kier molecular flexibility index (Phi) is 8.71. The van der Waals surface area contributed by atoms with E-state index in [0.717, 1.165) is 16.5 Å². The number of hydrogen-bond acceptors (Lipinski definition) is 5. The van der Waals surface area contributed by atoms with Crippen LogP contribution >= 0.6 is 11.6 Å². The Labute approximate surface area is 251 Å². The molecular weight excluding hydrogens is 583 g/mol. The number of carbonyl (C=O) groups excluding carboxylic acids is 1. The molecule has 2 N–H and O–H groups in total. The lowest BCUT2D eigenvalue weighted by Gasteiger charge is -2.16. The molecule has 0 aliphatic carbocycles. The number of halogens is 4. The van der Waals surface area contributed by atoms with Crippen LogP contribution < -0.4 is 4.74 Å². The lowest BCUT2D eigenvalue weighted by atomic mass is 9.95. The first-order valence-electron chi connectivity index (χ1n) is 14.0. The van der Waals surface area contributed by atoms with Crippen molar-refractivity contribution in [3.05, 3.63) is 82.3 Å². The van der Waals surface area contributed by atoms with E-state index in [-0.39, 0.29) is 28.5 Å². The Hall–Kier alpha value is -4.02. The molecule has 226 valence electrons. The summed E-state index contributed by atoms with van der Waals surface area (Å²) in [5.41, 5.74) is 1.37. The van der Waals surface area contributed by atoms with E-state index in [0.29, 0.717) is 48.0 Å². The van der Waals surface area contributed by atoms with Crippen molar-refractivity contribution in [1.82, 2.24) is 14.8 Å². The van der Waals surface area contributed by atoms with Crippen LogP contribution in [0.15, 0.2) is 54.6 Å². The number of esters is 1. The van der Waals surface area contributed by atoms with Gasteiger partial charge in [0.25, 0.3) is 0 Å². The van der Waals surface area contributed by atoms with Crippen molar-refractivity contribution in [2.75, 3.05) is 13.2 Å². The van der Waals surface area contributed by atoms with Crippen molar-refractivity contribution in [3.8, 4) is 16.9 Å². The zero-order chi connectivity index (χ0) is 30.9. The first kappa shape index (κ1) is 30.4. The standard InChI is InChI=1S/C32H31ClF3N3O4/c1-4-23-26(29(38-39(23)3)30(40)32(34,35)36)25-22(33)16-15-21-20(28(37-27(21)25)31(41)42-5-2)13-9-17-43-24-14-8-11-18-10-6-7-12-19(18)24/h6-8,10-12,14-16,30,37,40H,4-5,9,13,17H2,1-3H3/t30-/m1/s1. The molecule has 11 heteroatoms. The van der Waals surface area contributed by atoms with Crippen LogP contribution in [0.3, 0.4) is 0 Å². The second-order valence-corrected chi connectivity index (χ2v) is 10.5. The van der Waals surface area contributed by atoms with Crippen molar-refractivity contribution in [2.45, 2.75) is 45.4 Å². The number of fused-ring (bicyclic) bond motifs is 2. The summed E-state index contributed by atoms with van der Waals surface area (Å²) < 4.78 is 53.9. The lowest BCUT2D eigenvalue weighted by Crippen LogP contribution is -2.21. The fraction of sp³-hybridized carbons (Fsp3) is 0.312. The van der Waals surface area contributed by atoms with Gasteiger partial charge in [-0.25, -0.2) is 4.79 Å². The Bertz CT molecular complexity index is 1790. The molecule has 7 nitrogen and oxygen atoms in total. The number of hydrogen-bond donors (Lipinski definition) is 2. The zero-order valence-corrected chi connectivity index (χ0v) is 24.6. The predicted molar refractivity (Wildman–Crippen MR) is 160 cm³/mol. The second-order valence-electron chi connectivity index (χ2n) is 10.1. The molecule has 0 amide bonds. The number of aliphatic hydroxyl groups excluding tert-OH is 1. The molecule has 3 aromatic carbocycles. The first-order valence-corrected chi connectivity index (χ1v) is 14.4. The Balaban J connectivity index is 1.57. The monoisotopic (exact) mass is 613 g/mol. The summed E-state index contributed by atoms with van der Waals surface area (Å²) in [5, 5.41) is 17.1. The molecule has 2 heterocycles. The Morgan fingerprint density at radius 2 is 1.81 bits per heavy atom. The van der Waals surface area contributed by atoms with Crippen LogP contribution in [0.1, 0.15) is 53.8 Å². The van der Waals surface area contributed by atoms with Gasteiger partial charge in [-0.2, -0.15) is 18.3 Å². The fourth-order valence-electron chi connectivity index (χ4n) is 5.53. The molecule has 0 aliphatic heterocycles. The summed E-state index contributed by atoms with van der Waals surface area (Å²) in [6, 6.07) is 17.0. The summed E-state index contributed by atoms with van der Waals surface area (Å²) in [5.74, 6) is 0.152. The second kappa shape index (κ2) is 12.3. The largest absolute Gasteiger partial charge is 0.493 e. The number of H-pyrrole nitrogens is 1. The third kappa shape index (κ3) is 5.81. The summed E-state index contributed by atoms with van der Waals surface area (Å²) in [4.78, 5) is 16.2. The highest BCUT2D eigenvalue weighted by atomic mass is 35.5. The molecule has 0 aliphatic rings. The van der Waals surface area contributed by atoms with Crippen molar-refractivity contribution >= 4 is 39.2 Å². The normalized spacial score (nSPS) is 12.7. The highest BCUT2D eigenvalue weighted by molar-refractivity contribution is 6.35. The molecule has 1 atom stereocenters. The van der Waals surface area contributed by atoms with E-state index in [1.807, 2.05) is 42.5 Å². The van der Waals surface area contributed by atoms with Crippen LogP contribution in [0.5, 0.6) is 5.75 Å². The van der Waals surface area contributed by atoms with E-state index in [2.05, 4.69) is 10.1 Å². The Morgan fingerprint density at radius 3 is 2.53 bits per heavy atom.